The molecular formula is C30H46N2O5SSi. The number of alkyl carbamates (subject to hydrolysis) is 1. The molecule has 2 aromatic carbocycles. The number of ether oxygens (including phenoxy) is 1. The quantitative estimate of drug-likeness (QED) is 0.151. The fourth-order valence-corrected chi connectivity index (χ4v) is 8.56. The van der Waals surface area contributed by atoms with Crippen molar-refractivity contribution in [2.45, 2.75) is 88.7 Å². The molecule has 2 aromatic rings. The van der Waals surface area contributed by atoms with Crippen LogP contribution in [-0.2, 0) is 18.0 Å². The maximum Gasteiger partial charge on any atom is 0.500 e. The van der Waals surface area contributed by atoms with Gasteiger partial charge in [-0.2, -0.15) is 0 Å². The number of rotatable bonds is 17. The van der Waals surface area contributed by atoms with E-state index in [1.54, 1.807) is 11.8 Å². The molecule has 3 rings (SSSR count). The molecule has 0 saturated carbocycles. The summed E-state index contributed by atoms with van der Waals surface area (Å²) < 4.78 is 23.4. The number of hydrogen-bond donors (Lipinski definition) is 1. The number of para-hydroxylation sites is 1. The number of nitrogens with one attached hydrogen (secondary N) is 1. The van der Waals surface area contributed by atoms with Crippen LogP contribution in [0.25, 0.3) is 0 Å². The highest BCUT2D eigenvalue weighted by Gasteiger charge is 2.39. The predicted octanol–water partition coefficient (Wildman–Crippen LogP) is 8.10. The lowest BCUT2D eigenvalue weighted by Crippen LogP contribution is -2.46. The van der Waals surface area contributed by atoms with Crippen molar-refractivity contribution in [1.29, 1.82) is 0 Å². The van der Waals surface area contributed by atoms with Gasteiger partial charge in [-0.3, -0.25) is 0 Å². The van der Waals surface area contributed by atoms with Crippen molar-refractivity contribution in [3.8, 4) is 0 Å². The lowest BCUT2D eigenvalue weighted by Gasteiger charge is -2.33. The van der Waals surface area contributed by atoms with Crippen molar-refractivity contribution in [3.05, 3.63) is 48.0 Å². The average molecular weight is 575 g/mol. The summed E-state index contributed by atoms with van der Waals surface area (Å²) in [6, 6.07) is 15.7. The van der Waals surface area contributed by atoms with Crippen LogP contribution < -0.4 is 10.2 Å². The van der Waals surface area contributed by atoms with E-state index in [-0.39, 0.29) is 6.10 Å². The minimum atomic E-state index is -2.71. The Labute approximate surface area is 240 Å². The van der Waals surface area contributed by atoms with E-state index in [9.17, 15) is 4.79 Å². The summed E-state index contributed by atoms with van der Waals surface area (Å²) in [4.78, 5) is 17.5. The Hall–Kier alpha value is -2.04. The summed E-state index contributed by atoms with van der Waals surface area (Å²) in [5, 5.41) is 2.88. The molecule has 0 spiro atoms. The zero-order valence-corrected chi connectivity index (χ0v) is 26.1. The Morgan fingerprint density at radius 3 is 2.28 bits per heavy atom. The molecule has 0 aromatic heterocycles. The summed E-state index contributed by atoms with van der Waals surface area (Å²) in [5.74, 6) is 0. The largest absolute Gasteiger partial charge is 0.500 e. The number of carbonyl (C=O) groups is 1. The Morgan fingerprint density at radius 2 is 1.59 bits per heavy atom. The number of carbonyl (C=O) groups excluding carboxylic acids is 1. The normalized spacial score (nSPS) is 13.5. The van der Waals surface area contributed by atoms with Crippen LogP contribution in [0.4, 0.5) is 16.2 Å². The third kappa shape index (κ3) is 8.98. The molecule has 1 unspecified atom stereocenters. The summed E-state index contributed by atoms with van der Waals surface area (Å²) in [7, 11) is -2.71. The molecule has 1 atom stereocenters. The molecule has 0 bridgehead atoms. The standard InChI is InChI=1S/C30H46N2O5SSi/c1-6-10-11-14-21-32-26-16-12-13-17-28(26)38-29-23-25(18-19-27(29)32)24(5)37-30(33)31-20-15-22-39(34-7-2,35-8-3)36-9-4/h12-13,16-19,23-24H,6-11,14-15,20-22H2,1-5H3,(H,31,33). The van der Waals surface area contributed by atoms with Crippen LogP contribution in [0.15, 0.2) is 52.3 Å². The number of fused-ring (bicyclic) bond motifs is 2. The van der Waals surface area contributed by atoms with E-state index >= 15 is 0 Å². The van der Waals surface area contributed by atoms with Gasteiger partial charge in [0.25, 0.3) is 0 Å². The van der Waals surface area contributed by atoms with Crippen molar-refractivity contribution in [3.63, 3.8) is 0 Å². The third-order valence-electron chi connectivity index (χ3n) is 6.66. The van der Waals surface area contributed by atoms with Crippen LogP contribution in [0.3, 0.4) is 0 Å². The van der Waals surface area contributed by atoms with Gasteiger partial charge in [0.2, 0.25) is 0 Å². The van der Waals surface area contributed by atoms with Crippen molar-refractivity contribution in [2.75, 3.05) is 37.8 Å². The van der Waals surface area contributed by atoms with E-state index in [0.717, 1.165) is 18.5 Å². The predicted molar refractivity (Wildman–Crippen MR) is 161 cm³/mol. The third-order valence-corrected chi connectivity index (χ3v) is 10.9. The first kappa shape index (κ1) is 31.5. The number of unbranched alkanes of at least 4 members (excludes halogenated alkanes) is 3. The summed E-state index contributed by atoms with van der Waals surface area (Å²) in [6.07, 6.45) is 4.80. The monoisotopic (exact) mass is 574 g/mol. The van der Waals surface area contributed by atoms with Gasteiger partial charge in [-0.1, -0.05) is 56.1 Å². The summed E-state index contributed by atoms with van der Waals surface area (Å²) in [5.41, 5.74) is 3.48. The lowest BCUT2D eigenvalue weighted by molar-refractivity contribution is 0.0704. The van der Waals surface area contributed by atoms with Gasteiger partial charge in [-0.05, 0) is 70.4 Å². The first-order valence-corrected chi connectivity index (χ1v) is 17.3. The first-order chi connectivity index (χ1) is 19.0. The van der Waals surface area contributed by atoms with Gasteiger partial charge in [0, 0.05) is 48.7 Å². The molecular weight excluding hydrogens is 528 g/mol. The van der Waals surface area contributed by atoms with Crippen LogP contribution >= 0.6 is 11.8 Å². The van der Waals surface area contributed by atoms with Gasteiger partial charge in [0.15, 0.2) is 0 Å². The summed E-state index contributed by atoms with van der Waals surface area (Å²) in [6.45, 7) is 13.1. The SMILES string of the molecule is CCCCCCN1c2ccccc2Sc2cc(C(C)OC(=O)NCCC[Si](OCC)(OCC)OCC)ccc21. The highest BCUT2D eigenvalue weighted by atomic mass is 32.2. The van der Waals surface area contributed by atoms with E-state index in [2.05, 4.69) is 59.6 Å². The number of hydrogen-bond acceptors (Lipinski definition) is 7. The van der Waals surface area contributed by atoms with Crippen molar-refractivity contribution in [2.24, 2.45) is 0 Å². The first-order valence-electron chi connectivity index (χ1n) is 14.5. The Kier molecular flexibility index (Phi) is 13.1. The van der Waals surface area contributed by atoms with Gasteiger partial charge < -0.3 is 28.2 Å². The van der Waals surface area contributed by atoms with Gasteiger partial charge in [0.05, 0.1) is 11.4 Å². The molecule has 1 aliphatic rings. The molecule has 0 saturated heterocycles. The second-order valence-electron chi connectivity index (χ2n) is 9.57. The molecule has 1 amide bonds. The van der Waals surface area contributed by atoms with E-state index in [1.165, 1.54) is 40.4 Å². The van der Waals surface area contributed by atoms with Crippen LogP contribution in [0.5, 0.6) is 0 Å². The number of nitrogens with zero attached hydrogens (tertiary/aromatic N) is 1. The molecule has 1 aliphatic heterocycles. The number of benzene rings is 2. The van der Waals surface area contributed by atoms with Gasteiger partial charge in [-0.25, -0.2) is 4.79 Å². The molecule has 0 radical (unpaired) electrons. The van der Waals surface area contributed by atoms with Crippen molar-refractivity contribution < 1.29 is 22.8 Å². The highest BCUT2D eigenvalue weighted by molar-refractivity contribution is 7.99. The second kappa shape index (κ2) is 16.3. The van der Waals surface area contributed by atoms with Gasteiger partial charge >= 0.3 is 14.9 Å². The number of anilines is 2. The van der Waals surface area contributed by atoms with Gasteiger partial charge in [0.1, 0.15) is 6.10 Å². The lowest BCUT2D eigenvalue weighted by atomic mass is 10.1. The topological polar surface area (TPSA) is 69.3 Å². The fourth-order valence-electron chi connectivity index (χ4n) is 4.81. The second-order valence-corrected chi connectivity index (χ2v) is 13.4. The van der Waals surface area contributed by atoms with Crippen molar-refractivity contribution >= 4 is 38.0 Å². The maximum atomic E-state index is 12.6. The molecule has 39 heavy (non-hydrogen) atoms. The van der Waals surface area contributed by atoms with Crippen molar-refractivity contribution in [1.82, 2.24) is 5.32 Å². The van der Waals surface area contributed by atoms with E-state index in [0.29, 0.717) is 38.8 Å². The highest BCUT2D eigenvalue weighted by Crippen LogP contribution is 2.48. The maximum absolute atomic E-state index is 12.6. The van der Waals surface area contributed by atoms with E-state index < -0.39 is 14.9 Å². The van der Waals surface area contributed by atoms with Crippen LogP contribution in [0.2, 0.25) is 6.04 Å². The minimum absolute atomic E-state index is 0.366. The number of amides is 1. The fraction of sp³-hybridized carbons (Fsp3) is 0.567. The smallest absolute Gasteiger partial charge is 0.442 e. The molecule has 1 N–H and O–H groups in total. The average Bonchev–Trinajstić information content (AvgIpc) is 2.93. The van der Waals surface area contributed by atoms with Crippen LogP contribution in [0.1, 0.15) is 78.4 Å². The molecule has 216 valence electrons. The Morgan fingerprint density at radius 1 is 0.897 bits per heavy atom. The molecule has 1 heterocycles. The Bertz CT molecular complexity index is 1020. The van der Waals surface area contributed by atoms with Crippen LogP contribution in [-0.4, -0.2) is 47.8 Å². The molecule has 9 heteroatoms. The van der Waals surface area contributed by atoms with E-state index in [4.69, 9.17) is 18.0 Å². The summed E-state index contributed by atoms with van der Waals surface area (Å²) >= 11 is 1.78. The Balaban J connectivity index is 1.58. The zero-order valence-electron chi connectivity index (χ0n) is 24.3. The minimum Gasteiger partial charge on any atom is -0.442 e. The molecule has 0 aliphatic carbocycles. The van der Waals surface area contributed by atoms with E-state index in [1.807, 2.05) is 27.7 Å². The molecule has 0 fully saturated rings. The molecule has 7 nitrogen and oxygen atoms in total. The zero-order chi connectivity index (χ0) is 28.1. The van der Waals surface area contributed by atoms with Crippen LogP contribution in [0, 0.1) is 0 Å². The van der Waals surface area contributed by atoms with Gasteiger partial charge in [-0.15, -0.1) is 0 Å².